The van der Waals surface area contributed by atoms with Crippen molar-refractivity contribution in [3.8, 4) is 16.3 Å². The number of nitrogens with zero attached hydrogens (tertiary/aromatic N) is 2. The highest BCUT2D eigenvalue weighted by atomic mass is 32.1. The number of benzene rings is 1. The molecule has 0 saturated carbocycles. The van der Waals surface area contributed by atoms with Crippen LogP contribution in [0.25, 0.3) is 11.3 Å². The first kappa shape index (κ1) is 12.2. The lowest BCUT2D eigenvalue weighted by Crippen LogP contribution is -1.99. The molecular formula is C11H8N2O4S. The molecule has 92 valence electrons. The lowest BCUT2D eigenvalue weighted by Gasteiger charge is -1.95. The van der Waals surface area contributed by atoms with E-state index in [9.17, 15) is 14.9 Å². The van der Waals surface area contributed by atoms with Crippen LogP contribution in [0.5, 0.6) is 5.06 Å². The highest BCUT2D eigenvalue weighted by molar-refractivity contribution is 7.08. The Balaban J connectivity index is 2.23. The molecule has 0 amide bonds. The van der Waals surface area contributed by atoms with Crippen molar-refractivity contribution in [3.63, 3.8) is 0 Å². The molecule has 0 unspecified atom stereocenters. The van der Waals surface area contributed by atoms with Gasteiger partial charge in [-0.05, 0) is 12.1 Å². The third-order valence-electron chi connectivity index (χ3n) is 2.11. The molecule has 2 aromatic rings. The molecule has 1 aromatic heterocycles. The van der Waals surface area contributed by atoms with Crippen molar-refractivity contribution in [2.24, 2.45) is 0 Å². The van der Waals surface area contributed by atoms with Crippen molar-refractivity contribution in [2.75, 3.05) is 0 Å². The highest BCUT2D eigenvalue weighted by Gasteiger charge is 2.09. The third-order valence-corrected chi connectivity index (χ3v) is 2.78. The molecule has 0 saturated heterocycles. The van der Waals surface area contributed by atoms with E-state index in [0.29, 0.717) is 10.8 Å². The quantitative estimate of drug-likeness (QED) is 0.483. The third kappa shape index (κ3) is 2.69. The van der Waals surface area contributed by atoms with E-state index in [-0.39, 0.29) is 5.69 Å². The fraction of sp³-hybridized carbons (Fsp3) is 0.0909. The normalized spacial score (nSPS) is 10.1. The van der Waals surface area contributed by atoms with E-state index < -0.39 is 10.9 Å². The molecule has 0 atom stereocenters. The second-order valence-electron chi connectivity index (χ2n) is 3.43. The molecule has 0 N–H and O–H groups in total. The largest absolute Gasteiger partial charge is 0.414 e. The SMILES string of the molecule is CC(=O)Oc1cc(-c2ccc([N+](=O)[O-])cc2)ns1. The molecule has 0 bridgehead atoms. The number of nitro benzene ring substituents is 1. The monoisotopic (exact) mass is 264 g/mol. The average Bonchev–Trinajstić information content (AvgIpc) is 2.76. The Morgan fingerprint density at radius 1 is 1.39 bits per heavy atom. The average molecular weight is 264 g/mol. The second kappa shape index (κ2) is 4.92. The summed E-state index contributed by atoms with van der Waals surface area (Å²) in [5, 5.41) is 10.9. The van der Waals surface area contributed by atoms with Crippen LogP contribution in [-0.4, -0.2) is 15.3 Å². The smallest absolute Gasteiger partial charge is 0.308 e. The van der Waals surface area contributed by atoms with Crippen LogP contribution in [0, 0.1) is 10.1 Å². The van der Waals surface area contributed by atoms with Gasteiger partial charge in [0.05, 0.1) is 10.6 Å². The summed E-state index contributed by atoms with van der Waals surface area (Å²) in [6.45, 7) is 1.31. The fourth-order valence-corrected chi connectivity index (χ4v) is 2.00. The van der Waals surface area contributed by atoms with Gasteiger partial charge in [-0.15, -0.1) is 0 Å². The minimum absolute atomic E-state index is 0.0224. The van der Waals surface area contributed by atoms with Crippen LogP contribution in [0.15, 0.2) is 30.3 Å². The van der Waals surface area contributed by atoms with Gasteiger partial charge < -0.3 is 4.74 Å². The van der Waals surface area contributed by atoms with Crippen molar-refractivity contribution in [2.45, 2.75) is 6.92 Å². The van der Waals surface area contributed by atoms with Crippen LogP contribution in [0.4, 0.5) is 5.69 Å². The summed E-state index contributed by atoms with van der Waals surface area (Å²) in [5.41, 5.74) is 1.37. The van der Waals surface area contributed by atoms with Crippen LogP contribution >= 0.6 is 11.5 Å². The standard InChI is InChI=1S/C11H8N2O4S/c1-7(14)17-11-6-10(12-18-11)8-2-4-9(5-3-8)13(15)16/h2-6H,1H3. The topological polar surface area (TPSA) is 82.3 Å². The molecule has 0 spiro atoms. The summed E-state index contributed by atoms with van der Waals surface area (Å²) in [6, 6.07) is 7.63. The zero-order valence-electron chi connectivity index (χ0n) is 9.32. The summed E-state index contributed by atoms with van der Waals surface area (Å²) in [7, 11) is 0. The maximum absolute atomic E-state index is 10.8. The van der Waals surface area contributed by atoms with Crippen molar-refractivity contribution in [1.29, 1.82) is 0 Å². The summed E-state index contributed by atoms with van der Waals surface area (Å²) in [5.74, 6) is -0.408. The van der Waals surface area contributed by atoms with Crippen LogP contribution in [0.1, 0.15) is 6.92 Å². The maximum atomic E-state index is 10.8. The molecule has 1 heterocycles. The number of nitro groups is 1. The number of hydrogen-bond acceptors (Lipinski definition) is 6. The van der Waals surface area contributed by atoms with E-state index >= 15 is 0 Å². The zero-order valence-corrected chi connectivity index (χ0v) is 10.1. The zero-order chi connectivity index (χ0) is 13.1. The molecule has 0 aliphatic rings. The first-order valence-corrected chi connectivity index (χ1v) is 5.73. The fourth-order valence-electron chi connectivity index (χ4n) is 1.34. The summed E-state index contributed by atoms with van der Waals surface area (Å²) >= 11 is 1.06. The van der Waals surface area contributed by atoms with Gasteiger partial charge in [-0.3, -0.25) is 14.9 Å². The van der Waals surface area contributed by atoms with E-state index in [4.69, 9.17) is 4.74 Å². The van der Waals surface area contributed by atoms with Crippen molar-refractivity contribution in [3.05, 3.63) is 40.4 Å². The summed E-state index contributed by atoms with van der Waals surface area (Å²) < 4.78 is 9.00. The van der Waals surface area contributed by atoms with Gasteiger partial charge in [-0.25, -0.2) is 0 Å². The molecule has 0 aliphatic heterocycles. The van der Waals surface area contributed by atoms with Crippen molar-refractivity contribution in [1.82, 2.24) is 4.37 Å². The highest BCUT2D eigenvalue weighted by Crippen LogP contribution is 2.28. The summed E-state index contributed by atoms with van der Waals surface area (Å²) in [4.78, 5) is 20.8. The Morgan fingerprint density at radius 2 is 2.06 bits per heavy atom. The van der Waals surface area contributed by atoms with Gasteiger partial charge in [0, 0.05) is 42.2 Å². The van der Waals surface area contributed by atoms with E-state index in [1.807, 2.05) is 0 Å². The number of non-ortho nitro benzene ring substituents is 1. The molecular weight excluding hydrogens is 256 g/mol. The van der Waals surface area contributed by atoms with Crippen molar-refractivity contribution >= 4 is 23.2 Å². The first-order chi connectivity index (χ1) is 8.56. The van der Waals surface area contributed by atoms with Gasteiger partial charge >= 0.3 is 5.97 Å². The first-order valence-electron chi connectivity index (χ1n) is 4.96. The molecule has 0 fully saturated rings. The Labute approximate surface area is 106 Å². The van der Waals surface area contributed by atoms with Crippen LogP contribution in [0.3, 0.4) is 0 Å². The van der Waals surface area contributed by atoms with Gasteiger partial charge in [0.25, 0.3) is 5.69 Å². The molecule has 2 rings (SSSR count). The van der Waals surface area contributed by atoms with Crippen LogP contribution < -0.4 is 4.74 Å². The number of esters is 1. The van der Waals surface area contributed by atoms with E-state index in [2.05, 4.69) is 4.37 Å². The Hall–Kier alpha value is -2.28. The number of hydrogen-bond donors (Lipinski definition) is 0. The number of carbonyl (C=O) groups is 1. The molecule has 6 nitrogen and oxygen atoms in total. The summed E-state index contributed by atoms with van der Waals surface area (Å²) in [6.07, 6.45) is 0. The lowest BCUT2D eigenvalue weighted by atomic mass is 10.1. The van der Waals surface area contributed by atoms with E-state index in [1.165, 1.54) is 19.1 Å². The van der Waals surface area contributed by atoms with E-state index in [1.54, 1.807) is 18.2 Å². The molecule has 0 aliphatic carbocycles. The van der Waals surface area contributed by atoms with Crippen LogP contribution in [0.2, 0.25) is 0 Å². The maximum Gasteiger partial charge on any atom is 0.308 e. The minimum atomic E-state index is -0.463. The number of aromatic nitrogens is 1. The lowest BCUT2D eigenvalue weighted by molar-refractivity contribution is -0.384. The van der Waals surface area contributed by atoms with Gasteiger partial charge in [0.2, 0.25) is 5.06 Å². The number of ether oxygens (including phenoxy) is 1. The molecule has 7 heteroatoms. The van der Waals surface area contributed by atoms with E-state index in [0.717, 1.165) is 17.1 Å². The molecule has 0 radical (unpaired) electrons. The van der Waals surface area contributed by atoms with Gasteiger partial charge in [0.1, 0.15) is 0 Å². The Morgan fingerprint density at radius 3 is 2.61 bits per heavy atom. The molecule has 18 heavy (non-hydrogen) atoms. The van der Waals surface area contributed by atoms with Gasteiger partial charge in [0.15, 0.2) is 0 Å². The van der Waals surface area contributed by atoms with Crippen molar-refractivity contribution < 1.29 is 14.5 Å². The Kier molecular flexibility index (Phi) is 3.33. The number of rotatable bonds is 3. The van der Waals surface area contributed by atoms with Gasteiger partial charge in [-0.1, -0.05) is 0 Å². The molecule has 1 aromatic carbocycles. The minimum Gasteiger partial charge on any atom is -0.414 e. The Bertz CT molecular complexity index is 591. The second-order valence-corrected chi connectivity index (χ2v) is 4.20. The van der Waals surface area contributed by atoms with Crippen LogP contribution in [-0.2, 0) is 4.79 Å². The predicted molar refractivity (Wildman–Crippen MR) is 65.5 cm³/mol. The van der Waals surface area contributed by atoms with Gasteiger partial charge in [-0.2, -0.15) is 4.37 Å². The number of carbonyl (C=O) groups excluding carboxylic acids is 1. The predicted octanol–water partition coefficient (Wildman–Crippen LogP) is 2.64.